The molecule has 0 bridgehead atoms. The van der Waals surface area contributed by atoms with Crippen LogP contribution in [0.15, 0.2) is 6.07 Å². The van der Waals surface area contributed by atoms with E-state index in [4.69, 9.17) is 5.73 Å². The summed E-state index contributed by atoms with van der Waals surface area (Å²) in [5.74, 6) is -4.18. The largest absolute Gasteiger partial charge is 0.471 e. The summed E-state index contributed by atoms with van der Waals surface area (Å²) < 4.78 is 54.0. The third-order valence-corrected chi connectivity index (χ3v) is 2.13. The zero-order chi connectivity index (χ0) is 14.8. The highest BCUT2D eigenvalue weighted by Crippen LogP contribution is 2.26. The normalized spacial score (nSPS) is 12.8. The number of hydrogen-bond donors (Lipinski definition) is 1. The van der Waals surface area contributed by atoms with Crippen LogP contribution in [-0.4, -0.2) is 28.9 Å². The second-order valence-electron chi connectivity index (χ2n) is 5.06. The maximum atomic E-state index is 12.7. The van der Waals surface area contributed by atoms with Crippen LogP contribution in [-0.2, 0) is 5.41 Å². The molecule has 0 atom stereocenters. The summed E-state index contributed by atoms with van der Waals surface area (Å²) in [6, 6.07) is 1.11. The van der Waals surface area contributed by atoms with Crippen LogP contribution in [0.4, 0.5) is 23.4 Å². The van der Waals surface area contributed by atoms with Gasteiger partial charge >= 0.3 is 12.3 Å². The van der Waals surface area contributed by atoms with Crippen LogP contribution in [0.3, 0.4) is 0 Å². The fourth-order valence-corrected chi connectivity index (χ4v) is 1.09. The van der Waals surface area contributed by atoms with Crippen molar-refractivity contribution in [1.29, 1.82) is 0 Å². The summed E-state index contributed by atoms with van der Waals surface area (Å²) >= 11 is 0. The smallest absolute Gasteiger partial charge is 0.340 e. The zero-order valence-electron chi connectivity index (χ0n) is 10.8. The average Bonchev–Trinajstić information content (AvgIpc) is 2.24. The van der Waals surface area contributed by atoms with Crippen molar-refractivity contribution < 1.29 is 22.3 Å². The van der Waals surface area contributed by atoms with Gasteiger partial charge in [-0.2, -0.15) is 13.8 Å². The molecule has 4 nitrogen and oxygen atoms in total. The Balaban J connectivity index is 2.88. The van der Waals surface area contributed by atoms with E-state index >= 15 is 0 Å². The van der Waals surface area contributed by atoms with Gasteiger partial charge in [-0.05, 0) is 0 Å². The minimum atomic E-state index is -4.23. The first-order valence-corrected chi connectivity index (χ1v) is 5.46. The van der Waals surface area contributed by atoms with Crippen molar-refractivity contribution >= 4 is 5.82 Å². The van der Waals surface area contributed by atoms with E-state index in [0.717, 1.165) is 6.07 Å². The molecule has 0 fully saturated rings. The van der Waals surface area contributed by atoms with Crippen molar-refractivity contribution in [1.82, 2.24) is 9.97 Å². The molecule has 0 aromatic carbocycles. The standard InChI is InChI=1S/C11H15F4N3O/c1-10(2,3)9-17-6(16)4-7(18-9)19-5-11(14,15)8(12)13/h4,8H,5H2,1-3H3,(H2,16,17,18). The molecule has 0 saturated carbocycles. The highest BCUT2D eigenvalue weighted by Gasteiger charge is 2.42. The molecular weight excluding hydrogens is 266 g/mol. The van der Waals surface area contributed by atoms with Crippen LogP contribution in [0.5, 0.6) is 5.88 Å². The first kappa shape index (κ1) is 15.5. The number of halogens is 4. The van der Waals surface area contributed by atoms with E-state index in [1.165, 1.54) is 0 Å². The zero-order valence-corrected chi connectivity index (χ0v) is 10.8. The molecule has 0 unspecified atom stereocenters. The van der Waals surface area contributed by atoms with E-state index < -0.39 is 24.4 Å². The number of aromatic nitrogens is 2. The van der Waals surface area contributed by atoms with Crippen molar-refractivity contribution in [2.24, 2.45) is 0 Å². The summed E-state index contributed by atoms with van der Waals surface area (Å²) in [4.78, 5) is 7.81. The van der Waals surface area contributed by atoms with Gasteiger partial charge in [0.15, 0.2) is 6.61 Å². The van der Waals surface area contributed by atoms with Gasteiger partial charge in [0.25, 0.3) is 0 Å². The summed E-state index contributed by atoms with van der Waals surface area (Å²) in [6.07, 6.45) is -3.80. The number of nitrogens with zero attached hydrogens (tertiary/aromatic N) is 2. The molecule has 0 spiro atoms. The molecule has 2 N–H and O–H groups in total. The molecule has 0 saturated heterocycles. The molecule has 0 amide bonds. The Bertz CT molecular complexity index is 446. The van der Waals surface area contributed by atoms with E-state index in [-0.39, 0.29) is 17.5 Å². The minimum absolute atomic E-state index is 0.0234. The fraction of sp³-hybridized carbons (Fsp3) is 0.636. The van der Waals surface area contributed by atoms with E-state index in [1.54, 1.807) is 20.8 Å². The van der Waals surface area contributed by atoms with Crippen LogP contribution in [0.1, 0.15) is 26.6 Å². The number of nitrogens with two attached hydrogens (primary N) is 1. The van der Waals surface area contributed by atoms with Crippen LogP contribution in [0.25, 0.3) is 0 Å². The highest BCUT2D eigenvalue weighted by atomic mass is 19.3. The second-order valence-corrected chi connectivity index (χ2v) is 5.06. The van der Waals surface area contributed by atoms with E-state index in [1.807, 2.05) is 0 Å². The molecule has 1 rings (SSSR count). The molecule has 108 valence electrons. The third-order valence-electron chi connectivity index (χ3n) is 2.13. The SMILES string of the molecule is CC(C)(C)c1nc(N)cc(OCC(F)(F)C(F)F)n1. The van der Waals surface area contributed by atoms with Crippen LogP contribution >= 0.6 is 0 Å². The molecule has 1 aromatic heterocycles. The molecule has 8 heteroatoms. The van der Waals surface area contributed by atoms with Crippen LogP contribution in [0, 0.1) is 0 Å². The van der Waals surface area contributed by atoms with E-state index in [2.05, 4.69) is 14.7 Å². The Morgan fingerprint density at radius 3 is 2.32 bits per heavy atom. The number of hydrogen-bond acceptors (Lipinski definition) is 4. The molecule has 0 aliphatic rings. The Kier molecular flexibility index (Phi) is 4.21. The highest BCUT2D eigenvalue weighted by molar-refractivity contribution is 5.34. The van der Waals surface area contributed by atoms with Gasteiger partial charge in [-0.1, -0.05) is 20.8 Å². The minimum Gasteiger partial charge on any atom is -0.471 e. The Morgan fingerprint density at radius 1 is 1.26 bits per heavy atom. The molecule has 1 aromatic rings. The van der Waals surface area contributed by atoms with Gasteiger partial charge in [0.05, 0.1) is 0 Å². The van der Waals surface area contributed by atoms with Crippen molar-refractivity contribution in [2.75, 3.05) is 12.3 Å². The second kappa shape index (κ2) is 5.18. The van der Waals surface area contributed by atoms with Crippen molar-refractivity contribution in [3.63, 3.8) is 0 Å². The lowest BCUT2D eigenvalue weighted by molar-refractivity contribution is -0.148. The fourth-order valence-electron chi connectivity index (χ4n) is 1.09. The van der Waals surface area contributed by atoms with Gasteiger partial charge in [0.1, 0.15) is 11.6 Å². The molecule has 1 heterocycles. The molecule has 0 radical (unpaired) electrons. The molecular formula is C11H15F4N3O. The van der Waals surface area contributed by atoms with Crippen molar-refractivity contribution in [2.45, 2.75) is 38.5 Å². The quantitative estimate of drug-likeness (QED) is 0.862. The first-order chi connectivity index (χ1) is 8.52. The Labute approximate surface area is 108 Å². The average molecular weight is 281 g/mol. The van der Waals surface area contributed by atoms with Crippen molar-refractivity contribution in [3.8, 4) is 5.88 Å². The number of alkyl halides is 4. The van der Waals surface area contributed by atoms with E-state index in [0.29, 0.717) is 0 Å². The number of rotatable bonds is 4. The predicted octanol–water partition coefficient (Wildman–Crippen LogP) is 2.64. The maximum Gasteiger partial charge on any atom is 0.340 e. The number of ether oxygens (including phenoxy) is 1. The topological polar surface area (TPSA) is 61.0 Å². The summed E-state index contributed by atoms with van der Waals surface area (Å²) in [5.41, 5.74) is 5.01. The maximum absolute atomic E-state index is 12.7. The lowest BCUT2D eigenvalue weighted by Gasteiger charge is -2.19. The summed E-state index contributed by atoms with van der Waals surface area (Å²) in [6.45, 7) is 3.91. The molecule has 19 heavy (non-hydrogen) atoms. The Hall–Kier alpha value is -1.60. The van der Waals surface area contributed by atoms with Gasteiger partial charge in [0.2, 0.25) is 5.88 Å². The lowest BCUT2D eigenvalue weighted by atomic mass is 9.96. The third kappa shape index (κ3) is 4.22. The lowest BCUT2D eigenvalue weighted by Crippen LogP contribution is -2.34. The Morgan fingerprint density at radius 2 is 1.84 bits per heavy atom. The monoisotopic (exact) mass is 281 g/mol. The molecule has 0 aliphatic carbocycles. The van der Waals surface area contributed by atoms with E-state index in [9.17, 15) is 17.6 Å². The van der Waals surface area contributed by atoms with Gasteiger partial charge in [-0.15, -0.1) is 0 Å². The van der Waals surface area contributed by atoms with Gasteiger partial charge in [-0.25, -0.2) is 13.8 Å². The summed E-state index contributed by atoms with van der Waals surface area (Å²) in [7, 11) is 0. The number of anilines is 1. The number of nitrogen functional groups attached to an aromatic ring is 1. The first-order valence-electron chi connectivity index (χ1n) is 5.46. The molecule has 0 aliphatic heterocycles. The van der Waals surface area contributed by atoms with Crippen molar-refractivity contribution in [3.05, 3.63) is 11.9 Å². The predicted molar refractivity (Wildman–Crippen MR) is 61.6 cm³/mol. The van der Waals surface area contributed by atoms with Gasteiger partial charge < -0.3 is 10.5 Å². The van der Waals surface area contributed by atoms with Gasteiger partial charge in [-0.3, -0.25) is 0 Å². The van der Waals surface area contributed by atoms with Gasteiger partial charge in [0, 0.05) is 11.5 Å². The van der Waals surface area contributed by atoms with Crippen LogP contribution in [0.2, 0.25) is 0 Å². The summed E-state index contributed by atoms with van der Waals surface area (Å²) in [5, 5.41) is 0. The van der Waals surface area contributed by atoms with Crippen LogP contribution < -0.4 is 10.5 Å².